The van der Waals surface area contributed by atoms with Gasteiger partial charge >= 0.3 is 0 Å². The average Bonchev–Trinajstić information content (AvgIpc) is 2.33. The molecule has 0 saturated carbocycles. The summed E-state index contributed by atoms with van der Waals surface area (Å²) in [5.41, 5.74) is 1.04. The van der Waals surface area contributed by atoms with Crippen LogP contribution in [0, 0.1) is 3.57 Å². The zero-order valence-electron chi connectivity index (χ0n) is 10.7. The number of aliphatic hydroxyl groups excluding tert-OH is 1. The lowest BCUT2D eigenvalue weighted by Crippen LogP contribution is -2.32. The van der Waals surface area contributed by atoms with Crippen LogP contribution in [0.15, 0.2) is 24.3 Å². The Morgan fingerprint density at radius 2 is 1.89 bits per heavy atom. The minimum atomic E-state index is -0.334. The topological polar surface area (TPSA) is 32.3 Å². The van der Waals surface area contributed by atoms with Crippen molar-refractivity contribution in [2.24, 2.45) is 0 Å². The van der Waals surface area contributed by atoms with Gasteiger partial charge in [0.05, 0.1) is 6.10 Å². The third-order valence-corrected chi connectivity index (χ3v) is 4.39. The van der Waals surface area contributed by atoms with E-state index < -0.39 is 0 Å². The van der Waals surface area contributed by atoms with E-state index in [9.17, 15) is 5.11 Å². The van der Waals surface area contributed by atoms with Gasteiger partial charge < -0.3 is 10.4 Å². The largest absolute Gasteiger partial charge is 0.388 e. The highest BCUT2D eigenvalue weighted by molar-refractivity contribution is 14.1. The number of hydrogen-bond acceptors (Lipinski definition) is 2. The van der Waals surface area contributed by atoms with Gasteiger partial charge in [0.25, 0.3) is 0 Å². The zero-order chi connectivity index (χ0) is 12.8. The lowest BCUT2D eigenvalue weighted by molar-refractivity contribution is 0.147. The van der Waals surface area contributed by atoms with Crippen LogP contribution in [0.5, 0.6) is 0 Å². The van der Waals surface area contributed by atoms with Gasteiger partial charge in [-0.1, -0.05) is 31.4 Å². The van der Waals surface area contributed by atoms with Crippen LogP contribution in [-0.4, -0.2) is 17.7 Å². The number of hydrogen-bond donors (Lipinski definition) is 2. The molecule has 0 amide bonds. The fourth-order valence-electron chi connectivity index (χ4n) is 2.57. The summed E-state index contributed by atoms with van der Waals surface area (Å²) in [4.78, 5) is 0. The Morgan fingerprint density at radius 1 is 1.17 bits per heavy atom. The molecule has 1 aromatic rings. The van der Waals surface area contributed by atoms with Crippen molar-refractivity contribution in [2.75, 3.05) is 6.54 Å². The Labute approximate surface area is 123 Å². The molecule has 2 rings (SSSR count). The molecule has 1 heterocycles. The van der Waals surface area contributed by atoms with E-state index in [1.807, 2.05) is 12.1 Å². The maximum absolute atomic E-state index is 10.3. The molecule has 18 heavy (non-hydrogen) atoms. The molecule has 2 N–H and O–H groups in total. The van der Waals surface area contributed by atoms with E-state index >= 15 is 0 Å². The van der Waals surface area contributed by atoms with E-state index in [1.165, 1.54) is 35.7 Å². The van der Waals surface area contributed by atoms with E-state index in [2.05, 4.69) is 40.0 Å². The standard InChI is InChI=1S/C15H22INO/c16-13-8-6-12(7-9-13)15(18)11-14-5-3-1-2-4-10-17-14/h6-9,14-15,17-18H,1-5,10-11H2. The lowest BCUT2D eigenvalue weighted by atomic mass is 9.96. The lowest BCUT2D eigenvalue weighted by Gasteiger charge is -2.24. The Kier molecular flexibility index (Phi) is 5.92. The molecule has 0 aliphatic carbocycles. The second-order valence-electron chi connectivity index (χ2n) is 5.16. The van der Waals surface area contributed by atoms with Crippen molar-refractivity contribution >= 4 is 22.6 Å². The van der Waals surface area contributed by atoms with Crippen LogP contribution < -0.4 is 5.32 Å². The predicted octanol–water partition coefficient (Wildman–Crippen LogP) is 3.64. The molecular formula is C15H22INO. The Balaban J connectivity index is 1.88. The number of benzene rings is 1. The van der Waals surface area contributed by atoms with Crippen LogP contribution in [0.1, 0.15) is 50.2 Å². The molecule has 1 fully saturated rings. The molecule has 0 bridgehead atoms. The summed E-state index contributed by atoms with van der Waals surface area (Å²) in [7, 11) is 0. The fraction of sp³-hybridized carbons (Fsp3) is 0.600. The third-order valence-electron chi connectivity index (χ3n) is 3.67. The van der Waals surface area contributed by atoms with Gasteiger partial charge in [-0.25, -0.2) is 0 Å². The number of halogens is 1. The Hall–Kier alpha value is -0.130. The molecule has 1 aliphatic heterocycles. The van der Waals surface area contributed by atoms with Crippen LogP contribution in [0.4, 0.5) is 0 Å². The van der Waals surface area contributed by atoms with Gasteiger partial charge in [0, 0.05) is 9.61 Å². The van der Waals surface area contributed by atoms with Crippen molar-refractivity contribution < 1.29 is 5.11 Å². The molecule has 2 nitrogen and oxygen atoms in total. The van der Waals surface area contributed by atoms with Gasteiger partial charge in [-0.2, -0.15) is 0 Å². The third kappa shape index (κ3) is 4.52. The van der Waals surface area contributed by atoms with Crippen LogP contribution in [-0.2, 0) is 0 Å². The smallest absolute Gasteiger partial charge is 0.0804 e. The SMILES string of the molecule is OC(CC1CCCCCCN1)c1ccc(I)cc1. The highest BCUT2D eigenvalue weighted by atomic mass is 127. The molecule has 2 atom stereocenters. The Morgan fingerprint density at radius 3 is 2.67 bits per heavy atom. The maximum Gasteiger partial charge on any atom is 0.0804 e. The van der Waals surface area contributed by atoms with Gasteiger partial charge in [-0.15, -0.1) is 0 Å². The molecule has 1 aromatic carbocycles. The van der Waals surface area contributed by atoms with E-state index in [0.29, 0.717) is 6.04 Å². The van der Waals surface area contributed by atoms with Gasteiger partial charge in [-0.3, -0.25) is 0 Å². The van der Waals surface area contributed by atoms with Crippen molar-refractivity contribution in [1.82, 2.24) is 5.32 Å². The van der Waals surface area contributed by atoms with Gasteiger partial charge in [0.2, 0.25) is 0 Å². The van der Waals surface area contributed by atoms with Crippen LogP contribution in [0.2, 0.25) is 0 Å². The number of rotatable bonds is 3. The molecule has 0 radical (unpaired) electrons. The highest BCUT2D eigenvalue weighted by Crippen LogP contribution is 2.22. The first-order valence-electron chi connectivity index (χ1n) is 6.92. The summed E-state index contributed by atoms with van der Waals surface area (Å²) in [5.74, 6) is 0. The zero-order valence-corrected chi connectivity index (χ0v) is 12.9. The van der Waals surface area contributed by atoms with Crippen molar-refractivity contribution in [3.8, 4) is 0 Å². The first-order valence-corrected chi connectivity index (χ1v) is 8.00. The quantitative estimate of drug-likeness (QED) is 0.808. The predicted molar refractivity (Wildman–Crippen MR) is 83.6 cm³/mol. The van der Waals surface area contributed by atoms with E-state index in [0.717, 1.165) is 18.5 Å². The van der Waals surface area contributed by atoms with Crippen molar-refractivity contribution in [1.29, 1.82) is 0 Å². The maximum atomic E-state index is 10.3. The summed E-state index contributed by atoms with van der Waals surface area (Å²) in [5, 5.41) is 13.9. The monoisotopic (exact) mass is 359 g/mol. The first kappa shape index (κ1) is 14.3. The molecule has 0 spiro atoms. The molecule has 2 unspecified atom stereocenters. The van der Waals surface area contributed by atoms with Crippen molar-refractivity contribution in [2.45, 2.75) is 50.7 Å². The van der Waals surface area contributed by atoms with Crippen LogP contribution in [0.3, 0.4) is 0 Å². The van der Waals surface area contributed by atoms with Gasteiger partial charge in [-0.05, 0) is 66.1 Å². The molecule has 1 aliphatic rings. The average molecular weight is 359 g/mol. The number of aliphatic hydroxyl groups is 1. The van der Waals surface area contributed by atoms with E-state index in [4.69, 9.17) is 0 Å². The van der Waals surface area contributed by atoms with E-state index in [-0.39, 0.29) is 6.10 Å². The molecular weight excluding hydrogens is 337 g/mol. The highest BCUT2D eigenvalue weighted by Gasteiger charge is 2.16. The van der Waals surface area contributed by atoms with Crippen LogP contribution >= 0.6 is 22.6 Å². The normalized spacial score (nSPS) is 23.1. The summed E-state index contributed by atoms with van der Waals surface area (Å²) in [6.07, 6.45) is 6.95. The summed E-state index contributed by atoms with van der Waals surface area (Å²) in [6.45, 7) is 1.10. The van der Waals surface area contributed by atoms with Crippen molar-refractivity contribution in [3.05, 3.63) is 33.4 Å². The second kappa shape index (κ2) is 7.46. The minimum absolute atomic E-state index is 0.334. The van der Waals surface area contributed by atoms with E-state index in [1.54, 1.807) is 0 Å². The fourth-order valence-corrected chi connectivity index (χ4v) is 2.93. The minimum Gasteiger partial charge on any atom is -0.388 e. The molecule has 0 aromatic heterocycles. The summed E-state index contributed by atoms with van der Waals surface area (Å²) >= 11 is 2.29. The van der Waals surface area contributed by atoms with Gasteiger partial charge in [0.15, 0.2) is 0 Å². The second-order valence-corrected chi connectivity index (χ2v) is 6.40. The van der Waals surface area contributed by atoms with Gasteiger partial charge in [0.1, 0.15) is 0 Å². The van der Waals surface area contributed by atoms with Crippen molar-refractivity contribution in [3.63, 3.8) is 0 Å². The molecule has 3 heteroatoms. The number of nitrogens with one attached hydrogen (secondary N) is 1. The Bertz CT molecular complexity index is 344. The first-order chi connectivity index (χ1) is 8.75. The molecule has 100 valence electrons. The molecule has 1 saturated heterocycles. The summed E-state index contributed by atoms with van der Waals surface area (Å²) < 4.78 is 1.22. The summed E-state index contributed by atoms with van der Waals surface area (Å²) in [6, 6.07) is 8.67. The van der Waals surface area contributed by atoms with Crippen LogP contribution in [0.25, 0.3) is 0 Å².